The number of carbonyl (C=O) groups is 1. The summed E-state index contributed by atoms with van der Waals surface area (Å²) in [4.78, 5) is 23.3. The maximum Gasteiger partial charge on any atom is 0.433 e. The van der Waals surface area contributed by atoms with E-state index in [-0.39, 0.29) is 24.7 Å². The highest BCUT2D eigenvalue weighted by atomic mass is 19.4. The van der Waals surface area contributed by atoms with Crippen LogP contribution in [0, 0.1) is 0 Å². The fourth-order valence-corrected chi connectivity index (χ4v) is 2.14. The van der Waals surface area contributed by atoms with Gasteiger partial charge in [0.25, 0.3) is 0 Å². The molecule has 0 spiro atoms. The summed E-state index contributed by atoms with van der Waals surface area (Å²) in [5.41, 5.74) is 0.333. The number of pyridine rings is 2. The molecule has 0 aliphatic rings. The van der Waals surface area contributed by atoms with Crippen LogP contribution in [0.1, 0.15) is 17.7 Å². The van der Waals surface area contributed by atoms with E-state index in [1.165, 1.54) is 6.07 Å². The summed E-state index contributed by atoms with van der Waals surface area (Å²) in [5, 5.41) is 9.13. The number of hydrogen-bond donors (Lipinski definition) is 2. The van der Waals surface area contributed by atoms with Gasteiger partial charge in [-0.1, -0.05) is 6.07 Å². The second kappa shape index (κ2) is 7.30. The molecule has 0 bridgehead atoms. The van der Waals surface area contributed by atoms with E-state index >= 15 is 0 Å². The van der Waals surface area contributed by atoms with E-state index in [0.717, 1.165) is 17.8 Å². The number of anilines is 1. The Morgan fingerprint density at radius 3 is 2.58 bits per heavy atom. The summed E-state index contributed by atoms with van der Waals surface area (Å²) in [6.45, 7) is 0. The third kappa shape index (κ3) is 4.41. The van der Waals surface area contributed by atoms with E-state index in [9.17, 15) is 18.0 Å². The molecule has 3 aromatic rings. The van der Waals surface area contributed by atoms with Gasteiger partial charge in [-0.25, -0.2) is 0 Å². The lowest BCUT2D eigenvalue weighted by atomic mass is 10.1. The van der Waals surface area contributed by atoms with Crippen LogP contribution in [0.4, 0.5) is 19.1 Å². The molecule has 3 heterocycles. The molecule has 0 aromatic carbocycles. The second-order valence-electron chi connectivity index (χ2n) is 5.34. The van der Waals surface area contributed by atoms with Gasteiger partial charge in [-0.15, -0.1) is 5.10 Å². The number of halogens is 3. The van der Waals surface area contributed by atoms with Gasteiger partial charge in [0.2, 0.25) is 11.9 Å². The smallest absolute Gasteiger partial charge is 0.293 e. The molecule has 134 valence electrons. The molecule has 0 fully saturated rings. The number of H-pyrrole nitrogens is 1. The first kappa shape index (κ1) is 17.5. The highest BCUT2D eigenvalue weighted by Gasteiger charge is 2.31. The van der Waals surface area contributed by atoms with Crippen LogP contribution >= 0.6 is 0 Å². The van der Waals surface area contributed by atoms with E-state index in [1.807, 2.05) is 0 Å². The van der Waals surface area contributed by atoms with Gasteiger partial charge in [-0.3, -0.25) is 25.2 Å². The van der Waals surface area contributed by atoms with Gasteiger partial charge in [0.1, 0.15) is 5.69 Å². The molecule has 0 saturated heterocycles. The highest BCUT2D eigenvalue weighted by Crippen LogP contribution is 2.27. The molecule has 0 atom stereocenters. The van der Waals surface area contributed by atoms with Crippen molar-refractivity contribution in [3.8, 4) is 11.4 Å². The van der Waals surface area contributed by atoms with Crippen molar-refractivity contribution in [2.45, 2.75) is 19.0 Å². The standard InChI is InChI=1S/C16H13F3N6O/c17-16(18,19)12-3-1-10(9-21-12)2-4-13(26)22-15-23-14(24-25-15)11-5-7-20-8-6-11/h1,3,5-9H,2,4H2,(H2,22,23,24,25,26). The molecule has 0 saturated carbocycles. The van der Waals surface area contributed by atoms with Gasteiger partial charge >= 0.3 is 6.18 Å². The minimum Gasteiger partial charge on any atom is -0.293 e. The molecule has 3 rings (SSSR count). The molecule has 0 aliphatic heterocycles. The fraction of sp³-hybridized carbons (Fsp3) is 0.188. The molecule has 26 heavy (non-hydrogen) atoms. The molecule has 0 unspecified atom stereocenters. The zero-order valence-electron chi connectivity index (χ0n) is 13.3. The first-order valence-corrected chi connectivity index (χ1v) is 7.56. The van der Waals surface area contributed by atoms with Gasteiger partial charge in [-0.05, 0) is 30.2 Å². The fourth-order valence-electron chi connectivity index (χ4n) is 2.14. The Hall–Kier alpha value is -3.30. The minimum atomic E-state index is -4.48. The number of aromatic amines is 1. The van der Waals surface area contributed by atoms with Crippen molar-refractivity contribution < 1.29 is 18.0 Å². The third-order valence-corrected chi connectivity index (χ3v) is 3.45. The maximum atomic E-state index is 12.5. The van der Waals surface area contributed by atoms with Crippen LogP contribution in [0.5, 0.6) is 0 Å². The van der Waals surface area contributed by atoms with Gasteiger partial charge < -0.3 is 0 Å². The molecule has 0 radical (unpaired) electrons. The number of alkyl halides is 3. The van der Waals surface area contributed by atoms with Crippen LogP contribution in [0.15, 0.2) is 42.9 Å². The Labute approximate surface area is 145 Å². The van der Waals surface area contributed by atoms with E-state index < -0.39 is 11.9 Å². The Kier molecular flexibility index (Phi) is 4.92. The summed E-state index contributed by atoms with van der Waals surface area (Å²) < 4.78 is 37.4. The van der Waals surface area contributed by atoms with Crippen LogP contribution in [0.25, 0.3) is 11.4 Å². The van der Waals surface area contributed by atoms with E-state index in [2.05, 4.69) is 30.5 Å². The van der Waals surface area contributed by atoms with Gasteiger partial charge in [0, 0.05) is 30.6 Å². The van der Waals surface area contributed by atoms with Crippen LogP contribution in [-0.4, -0.2) is 31.1 Å². The van der Waals surface area contributed by atoms with Crippen molar-refractivity contribution in [1.82, 2.24) is 25.1 Å². The second-order valence-corrected chi connectivity index (χ2v) is 5.34. The van der Waals surface area contributed by atoms with Crippen molar-refractivity contribution in [3.63, 3.8) is 0 Å². The maximum absolute atomic E-state index is 12.5. The van der Waals surface area contributed by atoms with Crippen molar-refractivity contribution in [3.05, 3.63) is 54.1 Å². The number of nitrogens with zero attached hydrogens (tertiary/aromatic N) is 4. The van der Waals surface area contributed by atoms with Crippen molar-refractivity contribution in [2.75, 3.05) is 5.32 Å². The Balaban J connectivity index is 1.54. The van der Waals surface area contributed by atoms with E-state index in [4.69, 9.17) is 0 Å². The highest BCUT2D eigenvalue weighted by molar-refractivity contribution is 5.89. The van der Waals surface area contributed by atoms with Gasteiger partial charge in [0.05, 0.1) is 0 Å². The predicted octanol–water partition coefficient (Wildman–Crippen LogP) is 2.85. The Morgan fingerprint density at radius 2 is 1.92 bits per heavy atom. The molecule has 10 heteroatoms. The molecular formula is C16H13F3N6O. The minimum absolute atomic E-state index is 0.0617. The summed E-state index contributed by atoms with van der Waals surface area (Å²) in [6.07, 6.45) is 0.158. The Morgan fingerprint density at radius 1 is 1.15 bits per heavy atom. The van der Waals surface area contributed by atoms with E-state index in [1.54, 1.807) is 24.5 Å². The first-order chi connectivity index (χ1) is 12.4. The lowest BCUT2D eigenvalue weighted by molar-refractivity contribution is -0.141. The SMILES string of the molecule is O=C(CCc1ccc(C(F)(F)F)nc1)Nc1n[nH]c(-c2ccncc2)n1. The number of carbonyl (C=O) groups excluding carboxylic acids is 1. The molecule has 0 aliphatic carbocycles. The molecule has 2 N–H and O–H groups in total. The largest absolute Gasteiger partial charge is 0.433 e. The topological polar surface area (TPSA) is 96.5 Å². The number of amides is 1. The first-order valence-electron chi connectivity index (χ1n) is 7.56. The molecule has 1 amide bonds. The Bertz CT molecular complexity index is 877. The number of aryl methyl sites for hydroxylation is 1. The lowest BCUT2D eigenvalue weighted by Gasteiger charge is -2.06. The third-order valence-electron chi connectivity index (χ3n) is 3.45. The lowest BCUT2D eigenvalue weighted by Crippen LogP contribution is -2.14. The van der Waals surface area contributed by atoms with Crippen molar-refractivity contribution >= 4 is 11.9 Å². The zero-order valence-corrected chi connectivity index (χ0v) is 13.3. The quantitative estimate of drug-likeness (QED) is 0.728. The normalized spacial score (nSPS) is 11.3. The van der Waals surface area contributed by atoms with Crippen molar-refractivity contribution in [1.29, 1.82) is 0 Å². The molecule has 7 nitrogen and oxygen atoms in total. The summed E-state index contributed by atoms with van der Waals surface area (Å²) >= 11 is 0. The number of rotatable bonds is 5. The number of aromatic nitrogens is 5. The van der Waals surface area contributed by atoms with Crippen LogP contribution in [-0.2, 0) is 17.4 Å². The van der Waals surface area contributed by atoms with Gasteiger partial charge in [0.15, 0.2) is 5.82 Å². The van der Waals surface area contributed by atoms with Gasteiger partial charge in [-0.2, -0.15) is 18.2 Å². The van der Waals surface area contributed by atoms with Crippen LogP contribution < -0.4 is 5.32 Å². The zero-order chi connectivity index (χ0) is 18.6. The van der Waals surface area contributed by atoms with Crippen LogP contribution in [0.3, 0.4) is 0 Å². The monoisotopic (exact) mass is 362 g/mol. The van der Waals surface area contributed by atoms with Crippen LogP contribution in [0.2, 0.25) is 0 Å². The number of nitrogens with one attached hydrogen (secondary N) is 2. The average Bonchev–Trinajstić information content (AvgIpc) is 3.09. The summed E-state index contributed by atoms with van der Waals surface area (Å²) in [5.74, 6) is 0.243. The molecule has 3 aromatic heterocycles. The predicted molar refractivity (Wildman–Crippen MR) is 85.8 cm³/mol. The van der Waals surface area contributed by atoms with Crippen molar-refractivity contribution in [2.24, 2.45) is 0 Å². The average molecular weight is 362 g/mol. The summed E-state index contributed by atoms with van der Waals surface area (Å²) in [6, 6.07) is 5.67. The number of hydrogen-bond acceptors (Lipinski definition) is 5. The summed E-state index contributed by atoms with van der Waals surface area (Å²) in [7, 11) is 0. The molecular weight excluding hydrogens is 349 g/mol. The van der Waals surface area contributed by atoms with E-state index in [0.29, 0.717) is 11.4 Å².